The summed E-state index contributed by atoms with van der Waals surface area (Å²) in [5.74, 6) is -0.451. The van der Waals surface area contributed by atoms with Gasteiger partial charge in [-0.15, -0.1) is 0 Å². The van der Waals surface area contributed by atoms with Gasteiger partial charge in [0.05, 0.1) is 6.61 Å². The van der Waals surface area contributed by atoms with Gasteiger partial charge in [0.15, 0.2) is 0 Å². The Hall–Kier alpha value is -1.39. The van der Waals surface area contributed by atoms with Crippen molar-refractivity contribution in [2.24, 2.45) is 0 Å². The van der Waals surface area contributed by atoms with Crippen LogP contribution >= 0.6 is 0 Å². The van der Waals surface area contributed by atoms with Crippen molar-refractivity contribution in [3.63, 3.8) is 0 Å². The fourth-order valence-electron chi connectivity index (χ4n) is 1.91. The van der Waals surface area contributed by atoms with Crippen molar-refractivity contribution in [1.29, 1.82) is 0 Å². The molecule has 0 saturated carbocycles. The van der Waals surface area contributed by atoms with Gasteiger partial charge in [0.2, 0.25) is 0 Å². The highest BCUT2D eigenvalue weighted by atomic mass is 16.5. The zero-order valence-electron chi connectivity index (χ0n) is 12.1. The molecule has 0 heterocycles. The molecular weight excluding hydrogens is 242 g/mol. The Morgan fingerprint density at radius 3 is 2.37 bits per heavy atom. The van der Waals surface area contributed by atoms with Gasteiger partial charge in [0, 0.05) is 13.7 Å². The molecule has 0 aliphatic rings. The second kappa shape index (κ2) is 6.68. The average molecular weight is 265 g/mol. The molecule has 106 valence electrons. The fraction of sp³-hybridized carbons (Fsp3) is 0.533. The maximum atomic E-state index is 11.5. The molecule has 19 heavy (non-hydrogen) atoms. The van der Waals surface area contributed by atoms with Crippen LogP contribution in [0.4, 0.5) is 0 Å². The zero-order valence-corrected chi connectivity index (χ0v) is 12.1. The van der Waals surface area contributed by atoms with Crippen molar-refractivity contribution in [2.45, 2.75) is 32.2 Å². The Morgan fingerprint density at radius 1 is 1.37 bits per heavy atom. The second-order valence-electron chi connectivity index (χ2n) is 5.13. The lowest BCUT2D eigenvalue weighted by atomic mass is 9.90. The van der Waals surface area contributed by atoms with Crippen LogP contribution in [0.15, 0.2) is 24.3 Å². The largest absolute Gasteiger partial charge is 0.480 e. The van der Waals surface area contributed by atoms with E-state index in [1.165, 1.54) is 5.56 Å². The number of carboxylic acids is 1. The van der Waals surface area contributed by atoms with E-state index in [2.05, 4.69) is 19.2 Å². The summed E-state index contributed by atoms with van der Waals surface area (Å²) in [5, 5.41) is 12.5. The van der Waals surface area contributed by atoms with Crippen LogP contribution in [0.3, 0.4) is 0 Å². The number of hydrogen-bond acceptors (Lipinski definition) is 3. The number of rotatable bonds is 7. The maximum absolute atomic E-state index is 11.5. The van der Waals surface area contributed by atoms with E-state index < -0.39 is 11.5 Å². The number of hydrogen-bond donors (Lipinski definition) is 2. The molecule has 4 nitrogen and oxygen atoms in total. The molecule has 1 rings (SSSR count). The molecule has 1 aromatic rings. The minimum atomic E-state index is -1.09. The molecule has 2 N–H and O–H groups in total. The van der Waals surface area contributed by atoms with Crippen LogP contribution < -0.4 is 5.32 Å². The molecule has 0 saturated heterocycles. The predicted octanol–water partition coefficient (Wildman–Crippen LogP) is 2.35. The SMILES string of the molecule is COCCNC(C)(C(=O)O)c1ccc(C(C)C)cc1. The summed E-state index contributed by atoms with van der Waals surface area (Å²) in [7, 11) is 1.59. The molecule has 0 amide bonds. The van der Waals surface area contributed by atoms with Crippen molar-refractivity contribution < 1.29 is 14.6 Å². The minimum absolute atomic E-state index is 0.437. The smallest absolute Gasteiger partial charge is 0.328 e. The third kappa shape index (κ3) is 3.78. The number of carboxylic acid groups (broad SMARTS) is 1. The molecule has 0 fully saturated rings. The predicted molar refractivity (Wildman–Crippen MR) is 75.4 cm³/mol. The van der Waals surface area contributed by atoms with Crippen LogP contribution in [0.1, 0.15) is 37.8 Å². The third-order valence-corrected chi connectivity index (χ3v) is 3.37. The van der Waals surface area contributed by atoms with Crippen molar-refractivity contribution in [1.82, 2.24) is 5.32 Å². The molecule has 1 aromatic carbocycles. The lowest BCUT2D eigenvalue weighted by Crippen LogP contribution is -2.47. The van der Waals surface area contributed by atoms with Crippen LogP contribution in [0.2, 0.25) is 0 Å². The summed E-state index contributed by atoms with van der Waals surface area (Å²) in [6.45, 7) is 6.87. The van der Waals surface area contributed by atoms with E-state index in [1.54, 1.807) is 14.0 Å². The summed E-state index contributed by atoms with van der Waals surface area (Å²) < 4.78 is 4.95. The minimum Gasteiger partial charge on any atom is -0.480 e. The molecule has 0 bridgehead atoms. The van der Waals surface area contributed by atoms with Gasteiger partial charge in [-0.25, -0.2) is 4.79 Å². The van der Waals surface area contributed by atoms with Gasteiger partial charge in [-0.1, -0.05) is 38.1 Å². The molecular formula is C15H23NO3. The van der Waals surface area contributed by atoms with E-state index in [1.807, 2.05) is 24.3 Å². The number of aliphatic carboxylic acids is 1. The van der Waals surface area contributed by atoms with Gasteiger partial charge in [-0.3, -0.25) is 5.32 Å². The summed E-state index contributed by atoms with van der Waals surface area (Å²) in [4.78, 5) is 11.5. The Balaban J connectivity index is 2.95. The number of carbonyl (C=O) groups is 1. The highest BCUT2D eigenvalue weighted by molar-refractivity contribution is 5.80. The molecule has 0 aliphatic carbocycles. The monoisotopic (exact) mass is 265 g/mol. The van der Waals surface area contributed by atoms with Crippen molar-refractivity contribution in [3.8, 4) is 0 Å². The van der Waals surface area contributed by atoms with Crippen molar-refractivity contribution in [2.75, 3.05) is 20.3 Å². The van der Waals surface area contributed by atoms with E-state index in [0.717, 1.165) is 5.56 Å². The number of nitrogens with one attached hydrogen (secondary N) is 1. The summed E-state index contributed by atoms with van der Waals surface area (Å²) in [6.07, 6.45) is 0. The number of methoxy groups -OCH3 is 1. The maximum Gasteiger partial charge on any atom is 0.328 e. The van der Waals surface area contributed by atoms with Gasteiger partial charge in [0.25, 0.3) is 0 Å². The van der Waals surface area contributed by atoms with E-state index in [9.17, 15) is 9.90 Å². The molecule has 0 spiro atoms. The van der Waals surface area contributed by atoms with Gasteiger partial charge in [0.1, 0.15) is 5.54 Å². The molecule has 0 aromatic heterocycles. The van der Waals surface area contributed by atoms with Gasteiger partial charge < -0.3 is 9.84 Å². The van der Waals surface area contributed by atoms with Crippen LogP contribution in [0, 0.1) is 0 Å². The van der Waals surface area contributed by atoms with E-state index in [-0.39, 0.29) is 0 Å². The normalized spacial score (nSPS) is 14.4. The highest BCUT2D eigenvalue weighted by Gasteiger charge is 2.34. The van der Waals surface area contributed by atoms with Crippen molar-refractivity contribution >= 4 is 5.97 Å². The quantitative estimate of drug-likeness (QED) is 0.743. The molecule has 0 radical (unpaired) electrons. The van der Waals surface area contributed by atoms with Gasteiger partial charge in [-0.05, 0) is 24.0 Å². The van der Waals surface area contributed by atoms with E-state index in [0.29, 0.717) is 19.1 Å². The van der Waals surface area contributed by atoms with E-state index >= 15 is 0 Å². The Morgan fingerprint density at radius 2 is 1.95 bits per heavy atom. The molecule has 0 aliphatic heterocycles. The van der Waals surface area contributed by atoms with Crippen molar-refractivity contribution in [3.05, 3.63) is 35.4 Å². The van der Waals surface area contributed by atoms with Gasteiger partial charge >= 0.3 is 5.97 Å². The van der Waals surface area contributed by atoms with Crippen LogP contribution in [-0.2, 0) is 15.1 Å². The molecule has 4 heteroatoms. The summed E-state index contributed by atoms with van der Waals surface area (Å²) in [6, 6.07) is 7.73. The average Bonchev–Trinajstić information content (AvgIpc) is 2.38. The van der Waals surface area contributed by atoms with E-state index in [4.69, 9.17) is 4.74 Å². The molecule has 1 atom stereocenters. The lowest BCUT2D eigenvalue weighted by Gasteiger charge is -2.27. The molecule has 1 unspecified atom stereocenters. The fourth-order valence-corrected chi connectivity index (χ4v) is 1.91. The zero-order chi connectivity index (χ0) is 14.5. The van der Waals surface area contributed by atoms with Gasteiger partial charge in [-0.2, -0.15) is 0 Å². The standard InChI is InChI=1S/C15H23NO3/c1-11(2)12-5-7-13(8-6-12)15(3,14(17)18)16-9-10-19-4/h5-8,11,16H,9-10H2,1-4H3,(H,17,18). The summed E-state index contributed by atoms with van der Waals surface area (Å²) in [5.41, 5.74) is 0.863. The third-order valence-electron chi connectivity index (χ3n) is 3.37. The Labute approximate surface area is 114 Å². The van der Waals surface area contributed by atoms with Crippen LogP contribution in [0.25, 0.3) is 0 Å². The number of benzene rings is 1. The summed E-state index contributed by atoms with van der Waals surface area (Å²) >= 11 is 0. The van der Waals surface area contributed by atoms with Crippen LogP contribution in [-0.4, -0.2) is 31.3 Å². The van der Waals surface area contributed by atoms with Crippen LogP contribution in [0.5, 0.6) is 0 Å². The second-order valence-corrected chi connectivity index (χ2v) is 5.13. The highest BCUT2D eigenvalue weighted by Crippen LogP contribution is 2.23. The first-order chi connectivity index (χ1) is 8.91. The first-order valence-electron chi connectivity index (χ1n) is 6.49. The number of ether oxygens (including phenoxy) is 1. The first-order valence-corrected chi connectivity index (χ1v) is 6.49. The lowest BCUT2D eigenvalue weighted by molar-refractivity contribution is -0.144. The topological polar surface area (TPSA) is 58.6 Å². The first kappa shape index (κ1) is 15.7. The Kier molecular flexibility index (Phi) is 5.51. The Bertz CT molecular complexity index is 414.